The van der Waals surface area contributed by atoms with Crippen molar-refractivity contribution in [3.63, 3.8) is 0 Å². The summed E-state index contributed by atoms with van der Waals surface area (Å²) in [6, 6.07) is 0. The summed E-state index contributed by atoms with van der Waals surface area (Å²) in [5.74, 6) is -0.180. The number of carbonyl (C=O) groups excluding carboxylic acids is 2. The summed E-state index contributed by atoms with van der Waals surface area (Å²) in [4.78, 5) is 32.7. The van der Waals surface area contributed by atoms with Gasteiger partial charge in [-0.3, -0.25) is 4.79 Å². The molecule has 0 saturated heterocycles. The number of rotatable bonds is 5. The molecule has 0 fully saturated rings. The van der Waals surface area contributed by atoms with Crippen molar-refractivity contribution in [1.82, 2.24) is 29.5 Å². The number of carbonyl (C=O) groups is 2. The fourth-order valence-electron chi connectivity index (χ4n) is 2.48. The van der Waals surface area contributed by atoms with Crippen LogP contribution in [0.3, 0.4) is 0 Å². The lowest BCUT2D eigenvalue weighted by Crippen LogP contribution is -2.16. The van der Waals surface area contributed by atoms with Crippen molar-refractivity contribution in [2.45, 2.75) is 27.7 Å². The molecule has 3 aromatic rings. The molecule has 0 aliphatic carbocycles. The van der Waals surface area contributed by atoms with E-state index in [1.165, 1.54) is 28.7 Å². The van der Waals surface area contributed by atoms with Crippen LogP contribution in [0.5, 0.6) is 0 Å². The highest BCUT2D eigenvalue weighted by atomic mass is 16.5. The molecule has 0 bridgehead atoms. The minimum absolute atomic E-state index is 0.122. The lowest BCUT2D eigenvalue weighted by atomic mass is 10.2. The molecule has 9 heteroatoms. The molecule has 0 unspecified atom stereocenters. The molecule has 0 saturated carbocycles. The van der Waals surface area contributed by atoms with E-state index in [0.717, 1.165) is 5.56 Å². The van der Waals surface area contributed by atoms with E-state index in [1.807, 2.05) is 6.92 Å². The predicted molar refractivity (Wildman–Crippen MR) is 91.7 cm³/mol. The van der Waals surface area contributed by atoms with Gasteiger partial charge in [-0.1, -0.05) is 0 Å². The smallest absolute Gasteiger partial charge is 0.343 e. The van der Waals surface area contributed by atoms with Crippen LogP contribution in [0, 0.1) is 13.8 Å². The molecule has 26 heavy (non-hydrogen) atoms. The highest BCUT2D eigenvalue weighted by Crippen LogP contribution is 2.18. The Hall–Kier alpha value is -3.36. The fraction of sp³-hybridized carbons (Fsp3) is 0.294. The molecule has 0 spiro atoms. The molecule has 0 aromatic carbocycles. The van der Waals surface area contributed by atoms with Crippen molar-refractivity contribution in [3.05, 3.63) is 47.2 Å². The van der Waals surface area contributed by atoms with Crippen molar-refractivity contribution in [3.8, 4) is 11.8 Å². The van der Waals surface area contributed by atoms with Gasteiger partial charge in [0.15, 0.2) is 11.6 Å². The average Bonchev–Trinajstić information content (AvgIpc) is 3.20. The van der Waals surface area contributed by atoms with E-state index in [1.54, 1.807) is 26.2 Å². The minimum Gasteiger partial charge on any atom is -0.462 e. The van der Waals surface area contributed by atoms with Crippen LogP contribution in [0.15, 0.2) is 24.8 Å². The first kappa shape index (κ1) is 17.5. The van der Waals surface area contributed by atoms with Gasteiger partial charge >= 0.3 is 5.97 Å². The number of ketones is 1. The van der Waals surface area contributed by atoms with Crippen LogP contribution in [0.1, 0.15) is 45.8 Å². The first-order valence-corrected chi connectivity index (χ1v) is 8.04. The third kappa shape index (κ3) is 3.10. The number of ether oxygens (including phenoxy) is 1. The molecule has 0 aliphatic heterocycles. The third-order valence-electron chi connectivity index (χ3n) is 3.76. The van der Waals surface area contributed by atoms with Gasteiger partial charge in [0.2, 0.25) is 0 Å². The first-order valence-electron chi connectivity index (χ1n) is 8.04. The second kappa shape index (κ2) is 6.87. The Morgan fingerprint density at radius 1 is 1.12 bits per heavy atom. The Bertz CT molecular complexity index is 988. The number of aromatic nitrogens is 6. The summed E-state index contributed by atoms with van der Waals surface area (Å²) in [5, 5.41) is 8.40. The van der Waals surface area contributed by atoms with Crippen LogP contribution in [-0.4, -0.2) is 47.9 Å². The molecular formula is C17H18N6O3. The number of esters is 1. The number of nitrogens with zero attached hydrogens (tertiary/aromatic N) is 6. The zero-order valence-electron chi connectivity index (χ0n) is 14.9. The number of Topliss-reactive ketones (excluding diaryl/α,β-unsaturated/α-hetero) is 1. The molecule has 3 aromatic heterocycles. The molecule has 9 nitrogen and oxygen atoms in total. The Morgan fingerprint density at radius 2 is 1.88 bits per heavy atom. The van der Waals surface area contributed by atoms with Crippen molar-refractivity contribution >= 4 is 11.8 Å². The number of aryl methyl sites for hydroxylation is 1. The number of hydrogen-bond donors (Lipinski definition) is 0. The van der Waals surface area contributed by atoms with Gasteiger partial charge in [-0.15, -0.1) is 0 Å². The monoisotopic (exact) mass is 354 g/mol. The van der Waals surface area contributed by atoms with Gasteiger partial charge in [0.05, 0.1) is 30.3 Å². The van der Waals surface area contributed by atoms with Crippen LogP contribution in [0.25, 0.3) is 11.8 Å². The Labute approximate surface area is 149 Å². The maximum atomic E-state index is 12.3. The summed E-state index contributed by atoms with van der Waals surface area (Å²) in [6.07, 6.45) is 6.27. The molecular weight excluding hydrogens is 336 g/mol. The Kier molecular flexibility index (Phi) is 4.61. The van der Waals surface area contributed by atoms with E-state index in [4.69, 9.17) is 4.74 Å². The van der Waals surface area contributed by atoms with E-state index in [-0.39, 0.29) is 29.7 Å². The number of hydrogen-bond acceptors (Lipinski definition) is 7. The van der Waals surface area contributed by atoms with Gasteiger partial charge in [-0.25, -0.2) is 19.1 Å². The highest BCUT2D eigenvalue weighted by Gasteiger charge is 2.22. The molecule has 134 valence electrons. The average molecular weight is 354 g/mol. The van der Waals surface area contributed by atoms with E-state index < -0.39 is 5.97 Å². The quantitative estimate of drug-likeness (QED) is 0.508. The molecule has 0 aliphatic rings. The van der Waals surface area contributed by atoms with Gasteiger partial charge < -0.3 is 4.74 Å². The van der Waals surface area contributed by atoms with Crippen LogP contribution < -0.4 is 0 Å². The summed E-state index contributed by atoms with van der Waals surface area (Å²) in [6.45, 7) is 7.02. The molecule has 3 rings (SSSR count). The Morgan fingerprint density at radius 3 is 2.46 bits per heavy atom. The fourth-order valence-corrected chi connectivity index (χ4v) is 2.48. The van der Waals surface area contributed by atoms with E-state index in [0.29, 0.717) is 11.3 Å². The van der Waals surface area contributed by atoms with Crippen molar-refractivity contribution < 1.29 is 14.3 Å². The standard InChI is InChI=1S/C17H18N6O3/c1-5-26-16(25)14-7-18-17(22-9-10(2)6-19-22)21-15(14)23-11(3)13(8-20-23)12(4)24/h6-9H,5H2,1-4H3. The van der Waals surface area contributed by atoms with Crippen molar-refractivity contribution in [1.29, 1.82) is 0 Å². The zero-order chi connectivity index (χ0) is 18.8. The zero-order valence-corrected chi connectivity index (χ0v) is 14.9. The van der Waals surface area contributed by atoms with Gasteiger partial charge in [-0.05, 0) is 33.3 Å². The Balaban J connectivity index is 2.19. The van der Waals surface area contributed by atoms with Gasteiger partial charge in [0.25, 0.3) is 5.95 Å². The topological polar surface area (TPSA) is 105 Å². The van der Waals surface area contributed by atoms with Crippen LogP contribution >= 0.6 is 0 Å². The van der Waals surface area contributed by atoms with Crippen LogP contribution in [0.2, 0.25) is 0 Å². The van der Waals surface area contributed by atoms with Crippen LogP contribution in [0.4, 0.5) is 0 Å². The second-order valence-corrected chi connectivity index (χ2v) is 5.70. The molecule has 3 heterocycles. The summed E-state index contributed by atoms with van der Waals surface area (Å²) in [5.41, 5.74) is 2.12. The van der Waals surface area contributed by atoms with Gasteiger partial charge in [-0.2, -0.15) is 15.2 Å². The first-order chi connectivity index (χ1) is 12.4. The lowest BCUT2D eigenvalue weighted by Gasteiger charge is -2.11. The minimum atomic E-state index is -0.565. The van der Waals surface area contributed by atoms with E-state index >= 15 is 0 Å². The summed E-state index contributed by atoms with van der Waals surface area (Å²) in [7, 11) is 0. The SMILES string of the molecule is CCOC(=O)c1cnc(-n2cc(C)cn2)nc1-n1ncc(C(C)=O)c1C. The van der Waals surface area contributed by atoms with Crippen molar-refractivity contribution in [2.24, 2.45) is 0 Å². The molecule has 0 amide bonds. The second-order valence-electron chi connectivity index (χ2n) is 5.70. The molecule has 0 atom stereocenters. The van der Waals surface area contributed by atoms with Crippen molar-refractivity contribution in [2.75, 3.05) is 6.61 Å². The highest BCUT2D eigenvalue weighted by molar-refractivity contribution is 5.95. The maximum Gasteiger partial charge on any atom is 0.343 e. The maximum absolute atomic E-state index is 12.3. The molecule has 0 N–H and O–H groups in total. The largest absolute Gasteiger partial charge is 0.462 e. The lowest BCUT2D eigenvalue weighted by molar-refractivity contribution is 0.0525. The van der Waals surface area contributed by atoms with E-state index in [2.05, 4.69) is 20.2 Å². The van der Waals surface area contributed by atoms with Gasteiger partial charge in [0, 0.05) is 12.4 Å². The summed E-state index contributed by atoms with van der Waals surface area (Å²) >= 11 is 0. The third-order valence-corrected chi connectivity index (χ3v) is 3.76. The van der Waals surface area contributed by atoms with Gasteiger partial charge in [0.1, 0.15) is 5.56 Å². The van der Waals surface area contributed by atoms with Crippen LogP contribution in [-0.2, 0) is 4.74 Å². The summed E-state index contributed by atoms with van der Waals surface area (Å²) < 4.78 is 8.02. The normalized spacial score (nSPS) is 10.8. The molecule has 0 radical (unpaired) electrons. The van der Waals surface area contributed by atoms with E-state index in [9.17, 15) is 9.59 Å². The predicted octanol–water partition coefficient (Wildman–Crippen LogP) is 1.84.